The predicted octanol–water partition coefficient (Wildman–Crippen LogP) is 3.15. The maximum absolute atomic E-state index is 12.6. The topological polar surface area (TPSA) is 97.1 Å². The summed E-state index contributed by atoms with van der Waals surface area (Å²) in [6.07, 6.45) is 0.0988. The molecule has 154 valence electrons. The second-order valence-corrected chi connectivity index (χ2v) is 7.41. The van der Waals surface area contributed by atoms with Crippen LogP contribution >= 0.6 is 0 Å². The van der Waals surface area contributed by atoms with Crippen LogP contribution in [0.4, 0.5) is 0 Å². The van der Waals surface area contributed by atoms with Gasteiger partial charge in [-0.2, -0.15) is 0 Å². The summed E-state index contributed by atoms with van der Waals surface area (Å²) in [5, 5.41) is 10.1. The van der Waals surface area contributed by atoms with Crippen LogP contribution in [-0.4, -0.2) is 28.4 Å². The predicted molar refractivity (Wildman–Crippen MR) is 109 cm³/mol. The monoisotopic (exact) mass is 407 g/mol. The molecule has 1 amide bonds. The standard InChI is InChI=1S/C23H21NO6/c1-14(15-5-3-2-4-6-15)24-12-16(9-21(24)26)23(28)29-13-17-10-22(27)30-20-11-18(25)7-8-19(17)20/h2-8,10-11,14,16,25H,9,12-13H2,1H3/t14-,16-/m1/s1. The molecule has 30 heavy (non-hydrogen) atoms. The summed E-state index contributed by atoms with van der Waals surface area (Å²) < 4.78 is 10.5. The molecule has 1 aliphatic rings. The van der Waals surface area contributed by atoms with Gasteiger partial charge in [0.25, 0.3) is 0 Å². The highest BCUT2D eigenvalue weighted by Gasteiger charge is 2.38. The highest BCUT2D eigenvalue weighted by atomic mass is 16.5. The lowest BCUT2D eigenvalue weighted by Crippen LogP contribution is -2.29. The number of aromatic hydroxyl groups is 1. The number of phenols is 1. The van der Waals surface area contributed by atoms with E-state index in [1.54, 1.807) is 11.0 Å². The van der Waals surface area contributed by atoms with Crippen LogP contribution in [-0.2, 0) is 20.9 Å². The van der Waals surface area contributed by atoms with Gasteiger partial charge < -0.3 is 19.2 Å². The summed E-state index contributed by atoms with van der Waals surface area (Å²) >= 11 is 0. The van der Waals surface area contributed by atoms with Gasteiger partial charge in [-0.15, -0.1) is 0 Å². The van der Waals surface area contributed by atoms with Crippen LogP contribution in [0.15, 0.2) is 63.8 Å². The van der Waals surface area contributed by atoms with Crippen molar-refractivity contribution in [1.29, 1.82) is 0 Å². The fourth-order valence-electron chi connectivity index (χ4n) is 3.78. The van der Waals surface area contributed by atoms with Crippen molar-refractivity contribution in [2.75, 3.05) is 6.54 Å². The summed E-state index contributed by atoms with van der Waals surface area (Å²) in [6, 6.07) is 15.2. The second kappa shape index (κ2) is 8.02. The number of hydrogen-bond acceptors (Lipinski definition) is 6. The van der Waals surface area contributed by atoms with E-state index < -0.39 is 17.5 Å². The van der Waals surface area contributed by atoms with Gasteiger partial charge in [-0.1, -0.05) is 30.3 Å². The van der Waals surface area contributed by atoms with Gasteiger partial charge in [0.1, 0.15) is 17.9 Å². The number of carbonyl (C=O) groups excluding carboxylic acids is 2. The molecule has 3 aromatic rings. The zero-order valence-corrected chi connectivity index (χ0v) is 16.4. The van der Waals surface area contributed by atoms with E-state index in [4.69, 9.17) is 9.15 Å². The van der Waals surface area contributed by atoms with Crippen LogP contribution < -0.4 is 5.63 Å². The number of nitrogens with zero attached hydrogens (tertiary/aromatic N) is 1. The quantitative estimate of drug-likeness (QED) is 0.516. The zero-order valence-electron chi connectivity index (χ0n) is 16.4. The van der Waals surface area contributed by atoms with Gasteiger partial charge in [-0.05, 0) is 24.6 Å². The first-order chi connectivity index (χ1) is 14.4. The molecule has 1 aliphatic heterocycles. The Morgan fingerprint density at radius 2 is 1.97 bits per heavy atom. The van der Waals surface area contributed by atoms with Gasteiger partial charge in [-0.3, -0.25) is 9.59 Å². The Morgan fingerprint density at radius 3 is 2.73 bits per heavy atom. The van der Waals surface area contributed by atoms with Crippen molar-refractivity contribution in [1.82, 2.24) is 4.90 Å². The minimum atomic E-state index is -0.599. The van der Waals surface area contributed by atoms with Crippen molar-refractivity contribution in [3.05, 3.63) is 76.1 Å². The van der Waals surface area contributed by atoms with Crippen LogP contribution in [0, 0.1) is 5.92 Å². The average molecular weight is 407 g/mol. The zero-order chi connectivity index (χ0) is 21.3. The molecule has 7 heteroatoms. The van der Waals surface area contributed by atoms with Crippen molar-refractivity contribution >= 4 is 22.8 Å². The number of likely N-dealkylation sites (tertiary alicyclic amines) is 1. The third-order valence-corrected chi connectivity index (χ3v) is 5.42. The molecule has 1 saturated heterocycles. The molecule has 0 saturated carbocycles. The van der Waals surface area contributed by atoms with Gasteiger partial charge >= 0.3 is 11.6 Å². The molecule has 0 spiro atoms. The number of rotatable bonds is 5. The van der Waals surface area contributed by atoms with Crippen LogP contribution in [0.2, 0.25) is 0 Å². The van der Waals surface area contributed by atoms with E-state index in [0.29, 0.717) is 17.5 Å². The van der Waals surface area contributed by atoms with Crippen molar-refractivity contribution in [3.63, 3.8) is 0 Å². The van der Waals surface area contributed by atoms with Gasteiger partial charge in [0.05, 0.1) is 12.0 Å². The molecule has 2 aromatic carbocycles. The molecule has 1 fully saturated rings. The van der Waals surface area contributed by atoms with E-state index in [1.165, 1.54) is 18.2 Å². The summed E-state index contributed by atoms with van der Waals surface area (Å²) in [6.45, 7) is 2.11. The number of esters is 1. The summed E-state index contributed by atoms with van der Waals surface area (Å²) in [4.78, 5) is 38.5. The Labute approximate surface area is 172 Å². The lowest BCUT2D eigenvalue weighted by atomic mass is 10.1. The second-order valence-electron chi connectivity index (χ2n) is 7.41. The number of amides is 1. The van der Waals surface area contributed by atoms with E-state index in [0.717, 1.165) is 5.56 Å². The first-order valence-corrected chi connectivity index (χ1v) is 9.69. The third kappa shape index (κ3) is 3.91. The minimum Gasteiger partial charge on any atom is -0.508 e. The van der Waals surface area contributed by atoms with Crippen molar-refractivity contribution in [2.24, 2.45) is 5.92 Å². The molecule has 0 aliphatic carbocycles. The van der Waals surface area contributed by atoms with E-state index in [9.17, 15) is 19.5 Å². The fraction of sp³-hybridized carbons (Fsp3) is 0.261. The van der Waals surface area contributed by atoms with Crippen molar-refractivity contribution in [3.8, 4) is 5.75 Å². The summed E-state index contributed by atoms with van der Waals surface area (Å²) in [7, 11) is 0. The first-order valence-electron chi connectivity index (χ1n) is 9.69. The molecule has 0 radical (unpaired) electrons. The number of hydrogen-bond donors (Lipinski definition) is 1. The van der Waals surface area contributed by atoms with Crippen LogP contribution in [0.5, 0.6) is 5.75 Å². The summed E-state index contributed by atoms with van der Waals surface area (Å²) in [5.74, 6) is -1.16. The molecular formula is C23H21NO6. The summed E-state index contributed by atoms with van der Waals surface area (Å²) in [5.41, 5.74) is 1.10. The normalized spacial score (nSPS) is 17.3. The number of phenolic OH excluding ortho intramolecular Hbond substituents is 1. The molecule has 1 N–H and O–H groups in total. The molecule has 0 bridgehead atoms. The highest BCUT2D eigenvalue weighted by molar-refractivity contribution is 5.87. The number of fused-ring (bicyclic) bond motifs is 1. The van der Waals surface area contributed by atoms with Crippen LogP contribution in [0.1, 0.15) is 30.5 Å². The number of ether oxygens (including phenoxy) is 1. The fourth-order valence-corrected chi connectivity index (χ4v) is 3.78. The smallest absolute Gasteiger partial charge is 0.336 e. The lowest BCUT2D eigenvalue weighted by Gasteiger charge is -2.25. The Hall–Kier alpha value is -3.61. The maximum atomic E-state index is 12.6. The Bertz CT molecular complexity index is 1150. The molecule has 2 atom stereocenters. The number of carbonyl (C=O) groups is 2. The lowest BCUT2D eigenvalue weighted by molar-refractivity contribution is -0.149. The van der Waals surface area contributed by atoms with E-state index in [1.807, 2.05) is 37.3 Å². The highest BCUT2D eigenvalue weighted by Crippen LogP contribution is 2.29. The van der Waals surface area contributed by atoms with Crippen LogP contribution in [0.3, 0.4) is 0 Å². The van der Waals surface area contributed by atoms with Crippen molar-refractivity contribution < 1.29 is 23.8 Å². The Kier molecular flexibility index (Phi) is 5.27. The first kappa shape index (κ1) is 19.7. The van der Waals surface area contributed by atoms with Gasteiger partial charge in [-0.25, -0.2) is 4.79 Å². The van der Waals surface area contributed by atoms with Crippen molar-refractivity contribution in [2.45, 2.75) is 26.0 Å². The molecule has 7 nitrogen and oxygen atoms in total. The average Bonchev–Trinajstić information content (AvgIpc) is 3.13. The van der Waals surface area contributed by atoms with Crippen LogP contribution in [0.25, 0.3) is 11.0 Å². The van der Waals surface area contributed by atoms with E-state index in [-0.39, 0.29) is 36.3 Å². The third-order valence-electron chi connectivity index (χ3n) is 5.42. The molecule has 2 heterocycles. The largest absolute Gasteiger partial charge is 0.508 e. The SMILES string of the molecule is C[C@H](c1ccccc1)N1C[C@H](C(=O)OCc2cc(=O)oc3cc(O)ccc23)CC1=O. The molecule has 0 unspecified atom stereocenters. The van der Waals surface area contributed by atoms with Gasteiger partial charge in [0, 0.05) is 36.0 Å². The molecular weight excluding hydrogens is 386 g/mol. The van der Waals surface area contributed by atoms with E-state index in [2.05, 4.69) is 0 Å². The van der Waals surface area contributed by atoms with E-state index >= 15 is 0 Å². The number of benzene rings is 2. The van der Waals surface area contributed by atoms with Gasteiger partial charge in [0.15, 0.2) is 0 Å². The maximum Gasteiger partial charge on any atom is 0.336 e. The molecule has 1 aromatic heterocycles. The minimum absolute atomic E-state index is 0.0307. The molecule has 4 rings (SSSR count). The Morgan fingerprint density at radius 1 is 1.20 bits per heavy atom. The Balaban J connectivity index is 1.45. The van der Waals surface area contributed by atoms with Gasteiger partial charge in [0.2, 0.25) is 5.91 Å².